The first-order valence-electron chi connectivity index (χ1n) is 6.55. The standard InChI is InChI=1S/C15H17N3OS2/c1-2-9-17-14(19)12-13(16)18(15(20)21-12)10-8-11-6-4-3-5-7-11/h2-7H,1,8-10,16H2,(H,17,19). The molecule has 1 aromatic carbocycles. The van der Waals surface area contributed by atoms with E-state index < -0.39 is 0 Å². The van der Waals surface area contributed by atoms with Crippen molar-refractivity contribution in [2.75, 3.05) is 12.3 Å². The van der Waals surface area contributed by atoms with Crippen molar-refractivity contribution in [3.8, 4) is 0 Å². The molecule has 1 aromatic heterocycles. The fourth-order valence-electron chi connectivity index (χ4n) is 1.92. The number of hydrogen-bond acceptors (Lipinski definition) is 4. The van der Waals surface area contributed by atoms with Crippen LogP contribution in [0.5, 0.6) is 0 Å². The van der Waals surface area contributed by atoms with Gasteiger partial charge in [-0.3, -0.25) is 4.79 Å². The van der Waals surface area contributed by atoms with E-state index in [2.05, 4.69) is 24.0 Å². The van der Waals surface area contributed by atoms with E-state index in [-0.39, 0.29) is 5.91 Å². The molecule has 0 atom stereocenters. The number of benzene rings is 1. The van der Waals surface area contributed by atoms with Crippen molar-refractivity contribution in [1.82, 2.24) is 9.88 Å². The number of nitrogens with zero attached hydrogens (tertiary/aromatic N) is 1. The summed E-state index contributed by atoms with van der Waals surface area (Å²) in [4.78, 5) is 12.4. The molecule has 4 nitrogen and oxygen atoms in total. The van der Waals surface area contributed by atoms with Crippen molar-refractivity contribution in [2.45, 2.75) is 13.0 Å². The molecule has 21 heavy (non-hydrogen) atoms. The van der Waals surface area contributed by atoms with Gasteiger partial charge in [-0.2, -0.15) is 0 Å². The number of nitrogen functional groups attached to an aromatic ring is 1. The molecule has 0 saturated carbocycles. The summed E-state index contributed by atoms with van der Waals surface area (Å²) < 4.78 is 2.43. The van der Waals surface area contributed by atoms with Gasteiger partial charge in [-0.05, 0) is 24.2 Å². The van der Waals surface area contributed by atoms with Crippen LogP contribution in [0.3, 0.4) is 0 Å². The number of thiazole rings is 1. The highest BCUT2D eigenvalue weighted by atomic mass is 32.1. The average molecular weight is 319 g/mol. The molecule has 110 valence electrons. The molecule has 0 fully saturated rings. The van der Waals surface area contributed by atoms with Gasteiger partial charge in [0.15, 0.2) is 3.95 Å². The van der Waals surface area contributed by atoms with E-state index in [1.807, 2.05) is 22.8 Å². The first kappa shape index (κ1) is 15.5. The molecule has 0 aliphatic carbocycles. The zero-order valence-corrected chi connectivity index (χ0v) is 13.2. The lowest BCUT2D eigenvalue weighted by Crippen LogP contribution is -2.23. The van der Waals surface area contributed by atoms with Crippen molar-refractivity contribution in [1.29, 1.82) is 0 Å². The number of amides is 1. The maximum atomic E-state index is 12.0. The molecule has 1 heterocycles. The highest BCUT2D eigenvalue weighted by Crippen LogP contribution is 2.22. The number of anilines is 1. The molecule has 1 amide bonds. The molecule has 2 aromatic rings. The fraction of sp³-hybridized carbons (Fsp3) is 0.200. The van der Waals surface area contributed by atoms with Crippen molar-refractivity contribution in [3.05, 3.63) is 57.4 Å². The van der Waals surface area contributed by atoms with E-state index in [1.165, 1.54) is 16.9 Å². The Morgan fingerprint density at radius 1 is 1.43 bits per heavy atom. The van der Waals surface area contributed by atoms with E-state index in [0.717, 1.165) is 6.42 Å². The first-order chi connectivity index (χ1) is 10.1. The molecule has 6 heteroatoms. The van der Waals surface area contributed by atoms with Gasteiger partial charge in [-0.15, -0.1) is 6.58 Å². The second kappa shape index (κ2) is 7.19. The van der Waals surface area contributed by atoms with E-state index in [4.69, 9.17) is 18.0 Å². The summed E-state index contributed by atoms with van der Waals surface area (Å²) in [5, 5.41) is 2.72. The van der Waals surface area contributed by atoms with Crippen LogP contribution in [0.1, 0.15) is 15.2 Å². The molecule has 0 radical (unpaired) electrons. The SMILES string of the molecule is C=CCNC(=O)c1sc(=S)n(CCc2ccccc2)c1N. The van der Waals surface area contributed by atoms with Gasteiger partial charge >= 0.3 is 0 Å². The maximum absolute atomic E-state index is 12.0. The largest absolute Gasteiger partial charge is 0.384 e. The lowest BCUT2D eigenvalue weighted by atomic mass is 10.1. The first-order valence-corrected chi connectivity index (χ1v) is 7.78. The lowest BCUT2D eigenvalue weighted by molar-refractivity contribution is 0.0962. The Balaban J connectivity index is 2.14. The summed E-state index contributed by atoms with van der Waals surface area (Å²) in [5.41, 5.74) is 7.27. The van der Waals surface area contributed by atoms with Crippen LogP contribution in [0.4, 0.5) is 5.82 Å². The Labute approximate surface area is 132 Å². The number of rotatable bonds is 6. The quantitative estimate of drug-likeness (QED) is 0.635. The minimum absolute atomic E-state index is 0.207. The Hall–Kier alpha value is -1.92. The molecule has 2 rings (SSSR count). The van der Waals surface area contributed by atoms with Gasteiger partial charge in [-0.25, -0.2) is 0 Å². The van der Waals surface area contributed by atoms with Gasteiger partial charge in [0.1, 0.15) is 10.7 Å². The maximum Gasteiger partial charge on any atom is 0.265 e. The summed E-state index contributed by atoms with van der Waals surface area (Å²) in [6.07, 6.45) is 2.45. The number of aryl methyl sites for hydroxylation is 1. The van der Waals surface area contributed by atoms with E-state index in [1.54, 1.807) is 6.08 Å². The zero-order valence-electron chi connectivity index (χ0n) is 11.5. The number of aromatic nitrogens is 1. The third kappa shape index (κ3) is 3.80. The zero-order chi connectivity index (χ0) is 15.2. The minimum atomic E-state index is -0.207. The van der Waals surface area contributed by atoms with Crippen LogP contribution in [-0.4, -0.2) is 17.0 Å². The average Bonchev–Trinajstić information content (AvgIpc) is 2.78. The Bertz CT molecular complexity index is 689. The van der Waals surface area contributed by atoms with Crippen molar-refractivity contribution in [2.24, 2.45) is 0 Å². The predicted molar refractivity (Wildman–Crippen MR) is 90.2 cm³/mol. The van der Waals surface area contributed by atoms with Gasteiger partial charge in [0, 0.05) is 13.1 Å². The molecule has 0 saturated heterocycles. The predicted octanol–water partition coefficient (Wildman–Crippen LogP) is 3.02. The van der Waals surface area contributed by atoms with E-state index in [0.29, 0.717) is 27.7 Å². The molecular formula is C15H17N3OS2. The smallest absolute Gasteiger partial charge is 0.265 e. The second-order valence-corrected chi connectivity index (χ2v) is 6.11. The van der Waals surface area contributed by atoms with Gasteiger partial charge < -0.3 is 15.6 Å². The number of carbonyl (C=O) groups is 1. The van der Waals surface area contributed by atoms with Crippen LogP contribution < -0.4 is 11.1 Å². The minimum Gasteiger partial charge on any atom is -0.384 e. The lowest BCUT2D eigenvalue weighted by Gasteiger charge is -2.06. The highest BCUT2D eigenvalue weighted by Gasteiger charge is 2.16. The van der Waals surface area contributed by atoms with Crippen LogP contribution in [-0.2, 0) is 13.0 Å². The molecule has 3 N–H and O–H groups in total. The highest BCUT2D eigenvalue weighted by molar-refractivity contribution is 7.73. The Morgan fingerprint density at radius 3 is 2.81 bits per heavy atom. The Morgan fingerprint density at radius 2 is 2.14 bits per heavy atom. The second-order valence-electron chi connectivity index (χ2n) is 4.47. The van der Waals surface area contributed by atoms with Gasteiger partial charge in [0.05, 0.1) is 0 Å². The van der Waals surface area contributed by atoms with Crippen LogP contribution in [0, 0.1) is 3.95 Å². The summed E-state index contributed by atoms with van der Waals surface area (Å²) in [6.45, 7) is 4.64. The van der Waals surface area contributed by atoms with Crippen LogP contribution >= 0.6 is 23.6 Å². The molecule has 0 spiro atoms. The third-order valence-electron chi connectivity index (χ3n) is 3.01. The van der Waals surface area contributed by atoms with Crippen LogP contribution in [0.25, 0.3) is 0 Å². The molecule has 0 bridgehead atoms. The van der Waals surface area contributed by atoms with Crippen molar-refractivity contribution in [3.63, 3.8) is 0 Å². The molecule has 0 aliphatic heterocycles. The van der Waals surface area contributed by atoms with E-state index >= 15 is 0 Å². The fourth-order valence-corrected chi connectivity index (χ4v) is 3.21. The van der Waals surface area contributed by atoms with Gasteiger partial charge in [0.25, 0.3) is 5.91 Å². The number of carbonyl (C=O) groups excluding carboxylic acids is 1. The number of nitrogens with one attached hydrogen (secondary N) is 1. The van der Waals surface area contributed by atoms with Gasteiger partial charge in [0.2, 0.25) is 0 Å². The van der Waals surface area contributed by atoms with Crippen molar-refractivity contribution < 1.29 is 4.79 Å². The summed E-state index contributed by atoms with van der Waals surface area (Å²) >= 11 is 6.55. The molecule has 0 aliphatic rings. The molecule has 0 unspecified atom stereocenters. The summed E-state index contributed by atoms with van der Waals surface area (Å²) in [7, 11) is 0. The van der Waals surface area contributed by atoms with E-state index in [9.17, 15) is 4.79 Å². The number of hydrogen-bond donors (Lipinski definition) is 2. The summed E-state index contributed by atoms with van der Waals surface area (Å²) in [6, 6.07) is 10.1. The third-order valence-corrected chi connectivity index (χ3v) is 4.48. The van der Waals surface area contributed by atoms with Crippen molar-refractivity contribution >= 4 is 35.3 Å². The molecular weight excluding hydrogens is 302 g/mol. The monoisotopic (exact) mass is 319 g/mol. The normalized spacial score (nSPS) is 10.3. The Kier molecular flexibility index (Phi) is 5.30. The topological polar surface area (TPSA) is 60.0 Å². The van der Waals surface area contributed by atoms with Crippen LogP contribution in [0.15, 0.2) is 43.0 Å². The summed E-state index contributed by atoms with van der Waals surface area (Å²) in [5.74, 6) is 0.226. The van der Waals surface area contributed by atoms with Gasteiger partial charge in [-0.1, -0.05) is 47.7 Å². The van der Waals surface area contributed by atoms with Crippen LogP contribution in [0.2, 0.25) is 0 Å². The number of nitrogens with two attached hydrogens (primary N) is 1.